The Hall–Kier alpha value is -3.65. The molecule has 0 spiro atoms. The van der Waals surface area contributed by atoms with Crippen molar-refractivity contribution in [2.75, 3.05) is 10.8 Å². The minimum absolute atomic E-state index is 0.0997. The van der Waals surface area contributed by atoms with Crippen molar-refractivity contribution < 1.29 is 18.0 Å². The van der Waals surface area contributed by atoms with Crippen molar-refractivity contribution in [3.05, 3.63) is 95.6 Å². The van der Waals surface area contributed by atoms with Gasteiger partial charge in [-0.3, -0.25) is 13.9 Å². The van der Waals surface area contributed by atoms with Crippen LogP contribution in [0.15, 0.2) is 83.8 Å². The van der Waals surface area contributed by atoms with Gasteiger partial charge in [-0.05, 0) is 68.0 Å². The summed E-state index contributed by atoms with van der Waals surface area (Å²) in [5, 5.41) is 3.19. The van der Waals surface area contributed by atoms with Crippen LogP contribution in [0, 0.1) is 13.8 Å². The van der Waals surface area contributed by atoms with E-state index in [2.05, 4.69) is 5.32 Å². The quantitative estimate of drug-likeness (QED) is 0.315. The average molecular weight is 576 g/mol. The molecule has 7 nitrogen and oxygen atoms in total. The van der Waals surface area contributed by atoms with Gasteiger partial charge in [-0.1, -0.05) is 86.8 Å². The zero-order chi connectivity index (χ0) is 29.4. The van der Waals surface area contributed by atoms with Gasteiger partial charge >= 0.3 is 0 Å². The highest BCUT2D eigenvalue weighted by Crippen LogP contribution is 2.28. The topological polar surface area (TPSA) is 86.8 Å². The first-order valence-corrected chi connectivity index (χ1v) is 15.9. The Morgan fingerprint density at radius 1 is 0.854 bits per heavy atom. The molecule has 2 amide bonds. The maximum atomic E-state index is 14.3. The lowest BCUT2D eigenvalue weighted by atomic mass is 9.95. The number of anilines is 1. The van der Waals surface area contributed by atoms with Crippen molar-refractivity contribution in [1.82, 2.24) is 10.2 Å². The maximum absolute atomic E-state index is 14.3. The molecule has 3 aromatic rings. The summed E-state index contributed by atoms with van der Waals surface area (Å²) >= 11 is 0. The monoisotopic (exact) mass is 575 g/mol. The molecule has 8 heteroatoms. The summed E-state index contributed by atoms with van der Waals surface area (Å²) in [6.07, 6.45) is 5.61. The Morgan fingerprint density at radius 3 is 2.10 bits per heavy atom. The van der Waals surface area contributed by atoms with E-state index in [1.54, 1.807) is 35.2 Å². The number of para-hydroxylation sites is 1. The number of hydrogen-bond donors (Lipinski definition) is 1. The summed E-state index contributed by atoms with van der Waals surface area (Å²) in [5.74, 6) is -0.614. The number of carbonyl (C=O) groups is 2. The third kappa shape index (κ3) is 7.36. The molecular weight excluding hydrogens is 534 g/mol. The summed E-state index contributed by atoms with van der Waals surface area (Å²) in [4.78, 5) is 29.6. The third-order valence-corrected chi connectivity index (χ3v) is 9.71. The number of sulfonamides is 1. The first-order chi connectivity index (χ1) is 19.7. The van der Waals surface area contributed by atoms with Crippen LogP contribution in [-0.4, -0.2) is 43.8 Å². The van der Waals surface area contributed by atoms with Crippen molar-refractivity contribution in [3.8, 4) is 0 Å². The highest BCUT2D eigenvalue weighted by Gasteiger charge is 2.35. The lowest BCUT2D eigenvalue weighted by Crippen LogP contribution is -2.54. The SMILES string of the molecule is CC[C@@H](C(=O)NC1CCCCC1)N(Cc1ccccc1C)C(=O)CN(c1ccccc1C)S(=O)(=O)c1ccccc1. The zero-order valence-electron chi connectivity index (χ0n) is 24.3. The highest BCUT2D eigenvalue weighted by molar-refractivity contribution is 7.92. The molecular formula is C33H41N3O4S. The van der Waals surface area contributed by atoms with E-state index in [0.717, 1.165) is 42.4 Å². The second kappa shape index (κ2) is 13.8. The zero-order valence-corrected chi connectivity index (χ0v) is 25.1. The highest BCUT2D eigenvalue weighted by atomic mass is 32.2. The van der Waals surface area contributed by atoms with Gasteiger partial charge in [-0.2, -0.15) is 0 Å². The molecule has 1 N–H and O–H groups in total. The molecule has 1 fully saturated rings. The Labute approximate surface area is 244 Å². The van der Waals surface area contributed by atoms with Crippen LogP contribution < -0.4 is 9.62 Å². The van der Waals surface area contributed by atoms with Crippen molar-refractivity contribution in [1.29, 1.82) is 0 Å². The molecule has 1 aliphatic carbocycles. The number of benzene rings is 3. The van der Waals surface area contributed by atoms with E-state index in [1.165, 1.54) is 22.9 Å². The van der Waals surface area contributed by atoms with Crippen LogP contribution in [0.1, 0.15) is 62.1 Å². The Balaban J connectivity index is 1.71. The number of hydrogen-bond acceptors (Lipinski definition) is 4. The normalized spacial score (nSPS) is 14.7. The Morgan fingerprint density at radius 2 is 1.46 bits per heavy atom. The van der Waals surface area contributed by atoms with Crippen LogP contribution in [0.5, 0.6) is 0 Å². The molecule has 1 saturated carbocycles. The molecule has 218 valence electrons. The summed E-state index contributed by atoms with van der Waals surface area (Å²) in [6.45, 7) is 5.46. The fourth-order valence-electron chi connectivity index (χ4n) is 5.51. The van der Waals surface area contributed by atoms with E-state index >= 15 is 0 Å². The van der Waals surface area contributed by atoms with Gasteiger partial charge in [0.1, 0.15) is 12.6 Å². The predicted octanol–water partition coefficient (Wildman–Crippen LogP) is 5.76. The second-order valence-electron chi connectivity index (χ2n) is 10.8. The Kier molecular flexibility index (Phi) is 10.2. The van der Waals surface area contributed by atoms with E-state index in [4.69, 9.17) is 0 Å². The Bertz CT molecular complexity index is 1440. The lowest BCUT2D eigenvalue weighted by Gasteiger charge is -2.35. The summed E-state index contributed by atoms with van der Waals surface area (Å²) in [6, 6.07) is 22.4. The summed E-state index contributed by atoms with van der Waals surface area (Å²) in [5.41, 5.74) is 3.08. The van der Waals surface area contributed by atoms with Gasteiger partial charge in [0.2, 0.25) is 11.8 Å². The number of rotatable bonds is 11. The molecule has 0 unspecified atom stereocenters. The number of nitrogens with zero attached hydrogens (tertiary/aromatic N) is 2. The van der Waals surface area contributed by atoms with Crippen molar-refractivity contribution in [2.24, 2.45) is 0 Å². The number of nitrogens with one attached hydrogen (secondary N) is 1. The molecule has 0 heterocycles. The third-order valence-electron chi connectivity index (χ3n) is 7.93. The largest absolute Gasteiger partial charge is 0.352 e. The lowest BCUT2D eigenvalue weighted by molar-refractivity contribution is -0.140. The molecule has 0 radical (unpaired) electrons. The minimum Gasteiger partial charge on any atom is -0.352 e. The first-order valence-electron chi connectivity index (χ1n) is 14.5. The average Bonchev–Trinajstić information content (AvgIpc) is 2.98. The maximum Gasteiger partial charge on any atom is 0.264 e. The van der Waals surface area contributed by atoms with Crippen molar-refractivity contribution in [3.63, 3.8) is 0 Å². The number of carbonyl (C=O) groups excluding carboxylic acids is 2. The van der Waals surface area contributed by atoms with E-state index in [-0.39, 0.29) is 23.4 Å². The van der Waals surface area contributed by atoms with Gasteiger partial charge < -0.3 is 10.2 Å². The van der Waals surface area contributed by atoms with E-state index in [0.29, 0.717) is 12.1 Å². The molecule has 1 aliphatic rings. The number of amides is 2. The van der Waals surface area contributed by atoms with Crippen LogP contribution in [0.3, 0.4) is 0 Å². The van der Waals surface area contributed by atoms with Crippen LogP contribution in [-0.2, 0) is 26.2 Å². The van der Waals surface area contributed by atoms with Crippen molar-refractivity contribution >= 4 is 27.5 Å². The van der Waals surface area contributed by atoms with Gasteiger partial charge in [0.25, 0.3) is 10.0 Å². The van der Waals surface area contributed by atoms with Gasteiger partial charge in [0.05, 0.1) is 10.6 Å². The fraction of sp³-hybridized carbons (Fsp3) is 0.394. The molecule has 3 aromatic carbocycles. The van der Waals surface area contributed by atoms with Crippen LogP contribution in [0.2, 0.25) is 0 Å². The van der Waals surface area contributed by atoms with Gasteiger partial charge in [0, 0.05) is 12.6 Å². The smallest absolute Gasteiger partial charge is 0.264 e. The van der Waals surface area contributed by atoms with Crippen LogP contribution in [0.25, 0.3) is 0 Å². The van der Waals surface area contributed by atoms with Gasteiger partial charge in [0.15, 0.2) is 0 Å². The summed E-state index contributed by atoms with van der Waals surface area (Å²) in [7, 11) is -4.08. The molecule has 0 aromatic heterocycles. The molecule has 41 heavy (non-hydrogen) atoms. The predicted molar refractivity (Wildman–Crippen MR) is 163 cm³/mol. The van der Waals surface area contributed by atoms with Gasteiger partial charge in [-0.25, -0.2) is 8.42 Å². The van der Waals surface area contributed by atoms with Gasteiger partial charge in [-0.15, -0.1) is 0 Å². The van der Waals surface area contributed by atoms with E-state index in [9.17, 15) is 18.0 Å². The fourth-order valence-corrected chi connectivity index (χ4v) is 7.01. The molecule has 0 bridgehead atoms. The molecule has 1 atom stereocenters. The molecule has 0 saturated heterocycles. The van der Waals surface area contributed by atoms with Crippen molar-refractivity contribution in [2.45, 2.75) is 82.8 Å². The minimum atomic E-state index is -4.08. The molecule has 4 rings (SSSR count). The second-order valence-corrected chi connectivity index (χ2v) is 12.7. The van der Waals surface area contributed by atoms with E-state index in [1.807, 2.05) is 57.2 Å². The van der Waals surface area contributed by atoms with Crippen LogP contribution >= 0.6 is 0 Å². The first kappa shape index (κ1) is 30.3. The standard InChI is InChI=1S/C33H41N3O4S/c1-4-30(33(38)34-28-18-7-5-8-19-28)35(23-27-17-13-11-15-25(27)2)32(37)24-36(31-22-14-12-16-26(31)3)41(39,40)29-20-9-6-10-21-29/h6,9-17,20-22,28,30H,4-5,7-8,18-19,23-24H2,1-3H3,(H,34,38)/t30-/m0/s1. The number of aryl methyl sites for hydroxylation is 2. The molecule has 0 aliphatic heterocycles. The van der Waals surface area contributed by atoms with E-state index < -0.39 is 28.5 Å². The summed E-state index contributed by atoms with van der Waals surface area (Å²) < 4.78 is 29.1. The van der Waals surface area contributed by atoms with Crippen LogP contribution in [0.4, 0.5) is 5.69 Å².